The van der Waals surface area contributed by atoms with E-state index < -0.39 is 0 Å². The molecule has 0 bridgehead atoms. The summed E-state index contributed by atoms with van der Waals surface area (Å²) in [6.07, 6.45) is 4.46. The fourth-order valence-corrected chi connectivity index (χ4v) is 3.40. The minimum Gasteiger partial charge on any atom is -0.336 e. The molecule has 1 aliphatic heterocycles. The van der Waals surface area contributed by atoms with Crippen molar-refractivity contribution in [3.8, 4) is 0 Å². The molecule has 2 unspecified atom stereocenters. The monoisotopic (exact) mass is 385 g/mol. The Hall–Kier alpha value is -3.10. The normalized spacial score (nSPS) is 17.6. The molecule has 3 rings (SSSR count). The molecule has 28 heavy (non-hydrogen) atoms. The van der Waals surface area contributed by atoms with Gasteiger partial charge in [-0.1, -0.05) is 18.2 Å². The van der Waals surface area contributed by atoms with Crippen molar-refractivity contribution in [1.82, 2.24) is 30.3 Å². The molecule has 1 aromatic carbocycles. The molecular weight excluding hydrogens is 358 g/mol. The first kappa shape index (κ1) is 19.7. The molecule has 1 aliphatic rings. The van der Waals surface area contributed by atoms with E-state index in [0.717, 1.165) is 24.9 Å². The van der Waals surface area contributed by atoms with Gasteiger partial charge in [0.05, 0.1) is 12.1 Å². The number of aromatic nitrogens is 3. The van der Waals surface area contributed by atoms with Gasteiger partial charge in [0.1, 0.15) is 6.33 Å². The highest BCUT2D eigenvalue weighted by Gasteiger charge is 2.28. The van der Waals surface area contributed by atoms with E-state index in [1.807, 2.05) is 44.3 Å². The number of likely N-dealkylation sites (tertiary alicyclic amines) is 1. The summed E-state index contributed by atoms with van der Waals surface area (Å²) in [5.74, 6) is 0.697. The van der Waals surface area contributed by atoms with Gasteiger partial charge in [-0.3, -0.25) is 0 Å². The van der Waals surface area contributed by atoms with Crippen LogP contribution in [0.2, 0.25) is 0 Å². The van der Waals surface area contributed by atoms with E-state index in [-0.39, 0.29) is 24.1 Å². The molecule has 1 aromatic heterocycles. The minimum absolute atomic E-state index is 0.0398. The Kier molecular flexibility index (Phi) is 6.46. The largest absolute Gasteiger partial charge is 0.336 e. The highest BCUT2D eigenvalue weighted by molar-refractivity contribution is 5.89. The molecule has 0 spiro atoms. The minimum atomic E-state index is -0.274. The molecule has 150 valence electrons. The van der Waals surface area contributed by atoms with Crippen LogP contribution in [0, 0.1) is 0 Å². The summed E-state index contributed by atoms with van der Waals surface area (Å²) < 4.78 is 1.79. The van der Waals surface area contributed by atoms with Crippen LogP contribution in [0.5, 0.6) is 0 Å². The first-order valence-corrected chi connectivity index (χ1v) is 9.55. The molecule has 2 atom stereocenters. The molecule has 0 aliphatic carbocycles. The number of urea groups is 2. The third-order valence-corrected chi connectivity index (χ3v) is 4.89. The van der Waals surface area contributed by atoms with Gasteiger partial charge in [0.15, 0.2) is 5.82 Å². The topological polar surface area (TPSA) is 104 Å². The highest BCUT2D eigenvalue weighted by atomic mass is 16.2. The Morgan fingerprint density at radius 2 is 2.04 bits per heavy atom. The molecule has 9 nitrogen and oxygen atoms in total. The fraction of sp³-hybridized carbons (Fsp3) is 0.474. The number of benzene rings is 1. The highest BCUT2D eigenvalue weighted by Crippen LogP contribution is 2.18. The Bertz CT molecular complexity index is 793. The lowest BCUT2D eigenvalue weighted by molar-refractivity contribution is 0.147. The average molecular weight is 385 g/mol. The van der Waals surface area contributed by atoms with E-state index >= 15 is 0 Å². The second kappa shape index (κ2) is 9.20. The van der Waals surface area contributed by atoms with Gasteiger partial charge in [0.25, 0.3) is 0 Å². The quantitative estimate of drug-likeness (QED) is 0.734. The zero-order chi connectivity index (χ0) is 19.9. The number of anilines is 1. The molecule has 9 heteroatoms. The number of rotatable bonds is 5. The van der Waals surface area contributed by atoms with Crippen LogP contribution in [-0.2, 0) is 7.05 Å². The van der Waals surface area contributed by atoms with E-state index in [0.29, 0.717) is 18.9 Å². The number of piperidine rings is 1. The summed E-state index contributed by atoms with van der Waals surface area (Å²) >= 11 is 0. The number of amides is 4. The van der Waals surface area contributed by atoms with Crippen LogP contribution in [0.25, 0.3) is 0 Å². The van der Waals surface area contributed by atoms with Gasteiger partial charge in [-0.15, -0.1) is 10.2 Å². The lowest BCUT2D eigenvalue weighted by atomic mass is 10.0. The number of hydrogen-bond donors (Lipinski definition) is 3. The van der Waals surface area contributed by atoms with Crippen molar-refractivity contribution in [1.29, 1.82) is 0 Å². The smallest absolute Gasteiger partial charge is 0.319 e. The lowest BCUT2D eigenvalue weighted by Gasteiger charge is -2.36. The van der Waals surface area contributed by atoms with Crippen LogP contribution < -0.4 is 16.0 Å². The van der Waals surface area contributed by atoms with Crippen LogP contribution >= 0.6 is 0 Å². The number of nitrogens with one attached hydrogen (secondary N) is 3. The van der Waals surface area contributed by atoms with Crippen molar-refractivity contribution in [3.63, 3.8) is 0 Å². The van der Waals surface area contributed by atoms with Crippen LogP contribution in [0.1, 0.15) is 38.1 Å². The molecule has 0 saturated carbocycles. The van der Waals surface area contributed by atoms with Gasteiger partial charge >= 0.3 is 12.1 Å². The van der Waals surface area contributed by atoms with E-state index in [9.17, 15) is 9.59 Å². The second-order valence-corrected chi connectivity index (χ2v) is 7.02. The lowest BCUT2D eigenvalue weighted by Crippen LogP contribution is -2.53. The van der Waals surface area contributed by atoms with Crippen molar-refractivity contribution in [3.05, 3.63) is 42.5 Å². The summed E-state index contributed by atoms with van der Waals surface area (Å²) in [5, 5.41) is 16.6. The van der Waals surface area contributed by atoms with Crippen molar-refractivity contribution in [2.45, 2.75) is 38.3 Å². The van der Waals surface area contributed by atoms with Gasteiger partial charge in [-0.2, -0.15) is 0 Å². The summed E-state index contributed by atoms with van der Waals surface area (Å²) in [6, 6.07) is 8.56. The first-order valence-electron chi connectivity index (χ1n) is 9.55. The Balaban J connectivity index is 1.53. The van der Waals surface area contributed by atoms with Crippen molar-refractivity contribution in [2.75, 3.05) is 18.4 Å². The molecule has 2 aromatic rings. The third-order valence-electron chi connectivity index (χ3n) is 4.89. The molecule has 3 N–H and O–H groups in total. The number of hydrogen-bond acceptors (Lipinski definition) is 4. The van der Waals surface area contributed by atoms with Crippen LogP contribution in [-0.4, -0.2) is 50.9 Å². The Labute approximate surface area is 164 Å². The molecule has 2 heterocycles. The van der Waals surface area contributed by atoms with Crippen molar-refractivity contribution in [2.24, 2.45) is 7.05 Å². The number of nitrogens with zero attached hydrogens (tertiary/aromatic N) is 4. The van der Waals surface area contributed by atoms with E-state index in [1.165, 1.54) is 0 Å². The zero-order valence-corrected chi connectivity index (χ0v) is 16.3. The van der Waals surface area contributed by atoms with Gasteiger partial charge in [-0.25, -0.2) is 9.59 Å². The average Bonchev–Trinajstić information content (AvgIpc) is 3.13. The predicted molar refractivity (Wildman–Crippen MR) is 106 cm³/mol. The Morgan fingerprint density at radius 1 is 1.25 bits per heavy atom. The second-order valence-electron chi connectivity index (χ2n) is 7.02. The maximum Gasteiger partial charge on any atom is 0.319 e. The van der Waals surface area contributed by atoms with Crippen molar-refractivity contribution >= 4 is 17.7 Å². The van der Waals surface area contributed by atoms with E-state index in [1.54, 1.807) is 15.8 Å². The fourth-order valence-electron chi connectivity index (χ4n) is 3.40. The van der Waals surface area contributed by atoms with Crippen molar-refractivity contribution < 1.29 is 9.59 Å². The number of carbonyl (C=O) groups is 2. The molecule has 4 amide bonds. The van der Waals surface area contributed by atoms with Gasteiger partial charge < -0.3 is 25.4 Å². The van der Waals surface area contributed by atoms with Crippen LogP contribution in [0.15, 0.2) is 36.7 Å². The van der Waals surface area contributed by atoms with E-state index in [4.69, 9.17) is 0 Å². The van der Waals surface area contributed by atoms with Gasteiger partial charge in [-0.05, 0) is 38.3 Å². The van der Waals surface area contributed by atoms with Gasteiger partial charge in [0, 0.05) is 25.8 Å². The van der Waals surface area contributed by atoms with E-state index in [2.05, 4.69) is 26.1 Å². The summed E-state index contributed by atoms with van der Waals surface area (Å²) in [6.45, 7) is 2.96. The van der Waals surface area contributed by atoms with Crippen LogP contribution in [0.3, 0.4) is 0 Å². The molecule has 0 radical (unpaired) electrons. The standard InChI is InChI=1S/C19H27N7O2/c1-14(17-24-21-13-25(17)2)22-19(28)26-11-7-6-10-16(26)12-20-18(27)23-15-8-4-3-5-9-15/h3-5,8-9,13-14,16H,6-7,10-12H2,1-2H3,(H,22,28)(H2,20,23,27). The predicted octanol–water partition coefficient (Wildman–Crippen LogP) is 2.26. The number of carbonyl (C=O) groups excluding carboxylic acids is 2. The first-order chi connectivity index (χ1) is 13.5. The molecule has 1 fully saturated rings. The zero-order valence-electron chi connectivity index (χ0n) is 16.3. The van der Waals surface area contributed by atoms with Crippen LogP contribution in [0.4, 0.5) is 15.3 Å². The summed E-state index contributed by atoms with van der Waals surface area (Å²) in [7, 11) is 1.84. The molecular formula is C19H27N7O2. The SMILES string of the molecule is CC(NC(=O)N1CCCCC1CNC(=O)Nc1ccccc1)c1nncn1C. The molecule has 1 saturated heterocycles. The van der Waals surface area contributed by atoms with Gasteiger partial charge in [0.2, 0.25) is 0 Å². The summed E-state index contributed by atoms with van der Waals surface area (Å²) in [5.41, 5.74) is 0.732. The Morgan fingerprint density at radius 3 is 2.75 bits per heavy atom. The maximum atomic E-state index is 12.8. The summed E-state index contributed by atoms with van der Waals surface area (Å²) in [4.78, 5) is 26.7. The number of aryl methyl sites for hydroxylation is 1. The maximum absolute atomic E-state index is 12.8. The third kappa shape index (κ3) is 4.99. The number of para-hydroxylation sites is 1.